The van der Waals surface area contributed by atoms with E-state index >= 15 is 0 Å². The van der Waals surface area contributed by atoms with E-state index in [4.69, 9.17) is 14.2 Å². The van der Waals surface area contributed by atoms with Crippen molar-refractivity contribution in [3.8, 4) is 11.5 Å². The number of carbonyl (C=O) groups excluding carboxylic acids is 1. The van der Waals surface area contributed by atoms with Gasteiger partial charge >= 0.3 is 5.97 Å². The Morgan fingerprint density at radius 2 is 2.10 bits per heavy atom. The van der Waals surface area contributed by atoms with Gasteiger partial charge < -0.3 is 19.5 Å². The van der Waals surface area contributed by atoms with Gasteiger partial charge in [-0.2, -0.15) is 4.68 Å². The Balaban J connectivity index is 2.03. The van der Waals surface area contributed by atoms with Crippen LogP contribution in [-0.4, -0.2) is 46.0 Å². The second kappa shape index (κ2) is 8.93. The highest BCUT2D eigenvalue weighted by Gasteiger charge is 2.35. The molecule has 1 aromatic carbocycles. The Morgan fingerprint density at radius 1 is 1.31 bits per heavy atom. The lowest BCUT2D eigenvalue weighted by atomic mass is 9.95. The van der Waals surface area contributed by atoms with Crippen LogP contribution in [0, 0.1) is 0 Å². The van der Waals surface area contributed by atoms with E-state index in [1.807, 2.05) is 45.9 Å². The number of hydrogen-bond acceptors (Lipinski definition) is 8. The fourth-order valence-electron chi connectivity index (χ4n) is 3.18. The number of nitrogens with zero attached hydrogens (tertiary/aromatic N) is 4. The molecule has 1 unspecified atom stereocenters. The van der Waals surface area contributed by atoms with E-state index in [0.29, 0.717) is 35.3 Å². The smallest absolute Gasteiger partial charge is 0.338 e. The topological polar surface area (TPSA) is 100 Å². The van der Waals surface area contributed by atoms with Gasteiger partial charge in [0.05, 0.1) is 25.4 Å². The van der Waals surface area contributed by atoms with Gasteiger partial charge in [0.25, 0.3) is 0 Å². The summed E-state index contributed by atoms with van der Waals surface area (Å²) < 4.78 is 18.4. The van der Waals surface area contributed by atoms with E-state index in [9.17, 15) is 4.79 Å². The van der Waals surface area contributed by atoms with Crippen molar-refractivity contribution in [3.05, 3.63) is 35.0 Å². The van der Waals surface area contributed by atoms with Gasteiger partial charge in [-0.15, -0.1) is 0 Å². The Bertz CT molecular complexity index is 906. The predicted molar refractivity (Wildman–Crippen MR) is 107 cm³/mol. The molecule has 2 aromatic rings. The highest BCUT2D eigenvalue weighted by atomic mass is 16.5. The molecule has 156 valence electrons. The van der Waals surface area contributed by atoms with Crippen molar-refractivity contribution in [3.63, 3.8) is 0 Å². The molecule has 2 heterocycles. The summed E-state index contributed by atoms with van der Waals surface area (Å²) in [5, 5.41) is 14.9. The van der Waals surface area contributed by atoms with Crippen molar-refractivity contribution in [1.82, 2.24) is 20.2 Å². The SMILES string of the molecule is CCCCOC(=O)C1=C(C)Nc2nnnn2C1c1ccc(OC(C)C)c(OC)c1. The maximum atomic E-state index is 12.9. The van der Waals surface area contributed by atoms with Crippen LogP contribution in [0.4, 0.5) is 5.95 Å². The normalized spacial score (nSPS) is 15.7. The molecule has 0 spiro atoms. The summed E-state index contributed by atoms with van der Waals surface area (Å²) in [4.78, 5) is 12.9. The molecule has 9 heteroatoms. The number of carbonyl (C=O) groups is 1. The number of ether oxygens (including phenoxy) is 3. The van der Waals surface area contributed by atoms with Crippen LogP contribution >= 0.6 is 0 Å². The first-order valence-electron chi connectivity index (χ1n) is 9.73. The molecule has 1 N–H and O–H groups in total. The Kier molecular flexibility index (Phi) is 6.36. The average Bonchev–Trinajstić information content (AvgIpc) is 3.15. The van der Waals surface area contributed by atoms with Crippen LogP contribution in [0.3, 0.4) is 0 Å². The number of methoxy groups -OCH3 is 1. The van der Waals surface area contributed by atoms with Crippen LogP contribution in [-0.2, 0) is 9.53 Å². The van der Waals surface area contributed by atoms with Crippen LogP contribution in [0.15, 0.2) is 29.5 Å². The van der Waals surface area contributed by atoms with Gasteiger partial charge in [-0.3, -0.25) is 0 Å². The van der Waals surface area contributed by atoms with Gasteiger partial charge in [0, 0.05) is 5.70 Å². The summed E-state index contributed by atoms with van der Waals surface area (Å²) >= 11 is 0. The van der Waals surface area contributed by atoms with Gasteiger partial charge in [0.1, 0.15) is 6.04 Å². The summed E-state index contributed by atoms with van der Waals surface area (Å²) in [7, 11) is 1.58. The van der Waals surface area contributed by atoms with E-state index in [1.165, 1.54) is 0 Å². The van der Waals surface area contributed by atoms with E-state index in [-0.39, 0.29) is 6.10 Å². The Hall–Kier alpha value is -3.10. The van der Waals surface area contributed by atoms with Crippen molar-refractivity contribution in [2.24, 2.45) is 0 Å². The second-order valence-corrected chi connectivity index (χ2v) is 7.08. The third kappa shape index (κ3) is 4.33. The number of fused-ring (bicyclic) bond motifs is 1. The summed E-state index contributed by atoms with van der Waals surface area (Å²) in [5.74, 6) is 1.26. The fraction of sp³-hybridized carbons (Fsp3) is 0.500. The third-order valence-electron chi connectivity index (χ3n) is 4.53. The van der Waals surface area contributed by atoms with E-state index < -0.39 is 12.0 Å². The second-order valence-electron chi connectivity index (χ2n) is 7.08. The van der Waals surface area contributed by atoms with Crippen LogP contribution in [0.1, 0.15) is 52.1 Å². The van der Waals surface area contributed by atoms with Crippen molar-refractivity contribution in [2.45, 2.75) is 52.7 Å². The van der Waals surface area contributed by atoms with Gasteiger partial charge in [0.15, 0.2) is 11.5 Å². The highest BCUT2D eigenvalue weighted by molar-refractivity contribution is 5.92. The van der Waals surface area contributed by atoms with E-state index in [1.54, 1.807) is 11.8 Å². The average molecular weight is 401 g/mol. The zero-order valence-electron chi connectivity index (χ0n) is 17.4. The number of benzene rings is 1. The summed E-state index contributed by atoms with van der Waals surface area (Å²) in [6, 6.07) is 5.01. The van der Waals surface area contributed by atoms with Crippen LogP contribution in [0.2, 0.25) is 0 Å². The lowest BCUT2D eigenvalue weighted by Crippen LogP contribution is -2.30. The molecule has 0 radical (unpaired) electrons. The van der Waals surface area contributed by atoms with Crippen LogP contribution in [0.5, 0.6) is 11.5 Å². The molecule has 29 heavy (non-hydrogen) atoms. The van der Waals surface area contributed by atoms with Crippen LogP contribution < -0.4 is 14.8 Å². The molecule has 0 aliphatic carbocycles. The Morgan fingerprint density at radius 3 is 2.79 bits per heavy atom. The molecule has 3 rings (SSSR count). The molecule has 1 aliphatic rings. The number of nitrogens with one attached hydrogen (secondary N) is 1. The monoisotopic (exact) mass is 401 g/mol. The van der Waals surface area contributed by atoms with Gasteiger partial charge in [-0.05, 0) is 55.3 Å². The number of aromatic nitrogens is 4. The first-order valence-corrected chi connectivity index (χ1v) is 9.73. The number of tetrazole rings is 1. The van der Waals surface area contributed by atoms with Gasteiger partial charge in [0.2, 0.25) is 5.95 Å². The minimum absolute atomic E-state index is 0.00555. The first kappa shape index (κ1) is 20.6. The lowest BCUT2D eigenvalue weighted by molar-refractivity contribution is -0.139. The maximum absolute atomic E-state index is 12.9. The first-order chi connectivity index (χ1) is 14.0. The highest BCUT2D eigenvalue weighted by Crippen LogP contribution is 2.38. The number of anilines is 1. The van der Waals surface area contributed by atoms with Crippen molar-refractivity contribution >= 4 is 11.9 Å². The third-order valence-corrected chi connectivity index (χ3v) is 4.53. The molecule has 1 aliphatic heterocycles. The summed E-state index contributed by atoms with van der Waals surface area (Å²) in [6.45, 7) is 8.12. The summed E-state index contributed by atoms with van der Waals surface area (Å²) in [6.07, 6.45) is 1.76. The number of unbranched alkanes of at least 4 members (excludes halogenated alkanes) is 1. The molecular formula is C20H27N5O4. The zero-order chi connectivity index (χ0) is 21.0. The number of hydrogen-bond donors (Lipinski definition) is 1. The van der Waals surface area contributed by atoms with Crippen molar-refractivity contribution in [1.29, 1.82) is 0 Å². The molecule has 0 saturated carbocycles. The van der Waals surface area contributed by atoms with Gasteiger partial charge in [-0.25, -0.2) is 4.79 Å². The predicted octanol–water partition coefficient (Wildman–Crippen LogP) is 3.10. The molecule has 0 fully saturated rings. The van der Waals surface area contributed by atoms with E-state index in [2.05, 4.69) is 20.8 Å². The zero-order valence-corrected chi connectivity index (χ0v) is 17.4. The number of rotatable bonds is 8. The molecule has 9 nitrogen and oxygen atoms in total. The summed E-state index contributed by atoms with van der Waals surface area (Å²) in [5.41, 5.74) is 1.90. The fourth-order valence-corrected chi connectivity index (χ4v) is 3.18. The molecule has 1 atom stereocenters. The molecule has 0 amide bonds. The largest absolute Gasteiger partial charge is 0.493 e. The number of esters is 1. The maximum Gasteiger partial charge on any atom is 0.338 e. The molecular weight excluding hydrogens is 374 g/mol. The van der Waals surface area contributed by atoms with E-state index in [0.717, 1.165) is 18.4 Å². The molecule has 0 bridgehead atoms. The van der Waals surface area contributed by atoms with Crippen molar-refractivity contribution < 1.29 is 19.0 Å². The van der Waals surface area contributed by atoms with Gasteiger partial charge in [-0.1, -0.05) is 24.5 Å². The Labute approximate surface area is 170 Å². The lowest BCUT2D eigenvalue weighted by Gasteiger charge is -2.28. The quantitative estimate of drug-likeness (QED) is 0.532. The van der Waals surface area contributed by atoms with Crippen molar-refractivity contribution in [2.75, 3.05) is 19.0 Å². The minimum atomic E-state index is -0.544. The number of allylic oxidation sites excluding steroid dienone is 1. The van der Waals surface area contributed by atoms with Crippen LogP contribution in [0.25, 0.3) is 0 Å². The minimum Gasteiger partial charge on any atom is -0.493 e. The molecule has 1 aromatic heterocycles. The molecule has 0 saturated heterocycles. The standard InChI is InChI=1S/C20H27N5O4/c1-6-7-10-28-19(26)17-13(4)21-20-22-23-24-25(20)18(17)14-8-9-15(29-12(2)3)16(11-14)27-5/h8-9,11-12,18H,6-7,10H2,1-5H3,(H,21,22,24).